The topological polar surface area (TPSA) is 54.0 Å². The zero-order valence-corrected chi connectivity index (χ0v) is 28.9. The lowest BCUT2D eigenvalue weighted by molar-refractivity contribution is -0.164. The highest BCUT2D eigenvalue weighted by molar-refractivity contribution is 6.90. The van der Waals surface area contributed by atoms with E-state index in [0.717, 1.165) is 6.42 Å². The average molecular weight is 537 g/mol. The summed E-state index contributed by atoms with van der Waals surface area (Å²) in [7, 11) is -8.62. The van der Waals surface area contributed by atoms with Crippen LogP contribution in [0.25, 0.3) is 0 Å². The molecule has 0 spiro atoms. The van der Waals surface area contributed by atoms with Crippen LogP contribution < -0.4 is 0 Å². The van der Waals surface area contributed by atoms with Gasteiger partial charge in [0.1, 0.15) is 0 Å². The Hall–Kier alpha value is 0.218. The number of carbonyl (C=O) groups excluding carboxylic acids is 1. The van der Waals surface area contributed by atoms with Crippen LogP contribution in [0.4, 0.5) is 0 Å². The van der Waals surface area contributed by atoms with E-state index in [9.17, 15) is 4.79 Å². The van der Waals surface area contributed by atoms with Crippen LogP contribution in [0.2, 0.25) is 65.0 Å². The summed E-state index contributed by atoms with van der Waals surface area (Å²) in [5.41, 5.74) is -0.721. The zero-order chi connectivity index (χ0) is 26.7. The largest absolute Gasteiger partial charge is 0.469 e. The third kappa shape index (κ3) is 13.2. The lowest BCUT2D eigenvalue weighted by Gasteiger charge is -2.44. The smallest absolute Gasteiger partial charge is 0.465 e. The summed E-state index contributed by atoms with van der Waals surface area (Å²) < 4.78 is 26.1. The van der Waals surface area contributed by atoms with Crippen LogP contribution >= 0.6 is 0 Å². The lowest BCUT2D eigenvalue weighted by atomic mass is 9.61. The molecule has 0 N–H and O–H groups in total. The van der Waals surface area contributed by atoms with E-state index in [0.29, 0.717) is 19.1 Å². The van der Waals surface area contributed by atoms with Gasteiger partial charge in [0.2, 0.25) is 0 Å². The molecule has 0 aliphatic heterocycles. The maximum Gasteiger partial charge on any atom is 0.469 e. The Morgan fingerprint density at radius 2 is 1.03 bits per heavy atom. The van der Waals surface area contributed by atoms with E-state index in [4.69, 9.17) is 17.1 Å². The molecule has 0 aliphatic rings. The van der Waals surface area contributed by atoms with Crippen molar-refractivity contribution in [3.8, 4) is 0 Å². The molecule has 198 valence electrons. The van der Waals surface area contributed by atoms with Gasteiger partial charge in [0, 0.05) is 6.04 Å². The van der Waals surface area contributed by atoms with E-state index in [1.807, 2.05) is 0 Å². The first-order valence-electron chi connectivity index (χ1n) is 12.5. The molecule has 1 atom stereocenters. The Balaban J connectivity index is 5.62. The highest BCUT2D eigenvalue weighted by Gasteiger charge is 2.50. The van der Waals surface area contributed by atoms with Crippen LogP contribution in [0.15, 0.2) is 0 Å². The fourth-order valence-electron chi connectivity index (χ4n) is 3.93. The van der Waals surface area contributed by atoms with Gasteiger partial charge in [-0.2, -0.15) is 0 Å². The van der Waals surface area contributed by atoms with Crippen molar-refractivity contribution in [2.45, 2.75) is 126 Å². The third-order valence-corrected chi connectivity index (χ3v) is 17.3. The van der Waals surface area contributed by atoms with Gasteiger partial charge in [0.15, 0.2) is 25.0 Å². The average Bonchev–Trinajstić information content (AvgIpc) is 2.42. The number of hydrogen-bond acceptors (Lipinski definition) is 5. The van der Waals surface area contributed by atoms with Crippen molar-refractivity contribution >= 4 is 39.7 Å². The van der Waals surface area contributed by atoms with Gasteiger partial charge in [-0.15, -0.1) is 0 Å². The second-order valence-corrected chi connectivity index (χ2v) is 31.9. The zero-order valence-electron chi connectivity index (χ0n) is 24.9. The quantitative estimate of drug-likeness (QED) is 0.144. The Bertz CT molecular complexity index is 593. The van der Waals surface area contributed by atoms with Gasteiger partial charge in [-0.05, 0) is 89.5 Å². The fourth-order valence-corrected chi connectivity index (χ4v) is 18.6. The van der Waals surface area contributed by atoms with Gasteiger partial charge in [0.05, 0.1) is 12.0 Å². The summed E-state index contributed by atoms with van der Waals surface area (Å²) >= 11 is 0. The van der Waals surface area contributed by atoms with Gasteiger partial charge < -0.3 is 17.1 Å². The van der Waals surface area contributed by atoms with Crippen LogP contribution in [-0.2, 0) is 21.9 Å². The van der Waals surface area contributed by atoms with Crippen molar-refractivity contribution in [3.05, 3.63) is 0 Å². The van der Waals surface area contributed by atoms with Crippen LogP contribution in [0, 0.1) is 16.2 Å². The molecular formula is C24H56O5Si4. The molecule has 0 fully saturated rings. The Morgan fingerprint density at radius 3 is 1.30 bits per heavy atom. The molecule has 0 aromatic heterocycles. The molecule has 0 saturated carbocycles. The van der Waals surface area contributed by atoms with Gasteiger partial charge in [0.25, 0.3) is 0 Å². The van der Waals surface area contributed by atoms with Crippen LogP contribution in [0.5, 0.6) is 0 Å². The van der Waals surface area contributed by atoms with E-state index in [1.54, 1.807) is 0 Å². The first kappa shape index (κ1) is 33.2. The highest BCUT2D eigenvalue weighted by atomic mass is 28.5. The monoisotopic (exact) mass is 536 g/mol. The summed E-state index contributed by atoms with van der Waals surface area (Å²) in [5, 5.41) is 0. The molecule has 0 bridgehead atoms. The molecule has 0 aromatic rings. The van der Waals surface area contributed by atoms with Crippen LogP contribution in [0.3, 0.4) is 0 Å². The molecule has 0 rings (SSSR count). The molecule has 0 aromatic carbocycles. The lowest BCUT2D eigenvalue weighted by Crippen LogP contribution is -2.60. The van der Waals surface area contributed by atoms with Crippen LogP contribution in [0.1, 0.15) is 61.3 Å². The second-order valence-electron chi connectivity index (χ2n) is 14.9. The normalized spacial score (nSPS) is 16.5. The summed E-state index contributed by atoms with van der Waals surface area (Å²) in [5.74, 6) is -0.111. The summed E-state index contributed by atoms with van der Waals surface area (Å²) in [6.45, 7) is 35.1. The van der Waals surface area contributed by atoms with Gasteiger partial charge >= 0.3 is 14.8 Å². The van der Waals surface area contributed by atoms with Crippen molar-refractivity contribution in [2.75, 3.05) is 6.61 Å². The summed E-state index contributed by atoms with van der Waals surface area (Å²) in [6.07, 6.45) is 1.46. The first-order valence-corrected chi connectivity index (χ1v) is 24.6. The SMILES string of the molecule is CC(C)(C)CC(C)(C(=O)OCCC[Si](O[Si](C)(C)C)(O[Si](C)(C)C)O[Si](C)(C)C)C(C)(C)C. The fraction of sp³-hybridized carbons (Fsp3) is 0.958. The minimum atomic E-state index is -2.90. The van der Waals surface area contributed by atoms with Gasteiger partial charge in [-0.3, -0.25) is 4.79 Å². The standard InChI is InChI=1S/C24H56O5Si4/c1-22(2,3)20-24(7,23(4,5)6)21(25)26-18-17-19-33(27-30(8,9)10,28-31(11,12)13)29-32(14,15)16/h17-20H2,1-16H3. The number of rotatable bonds is 12. The molecule has 1 unspecified atom stereocenters. The third-order valence-electron chi connectivity index (χ3n) is 5.24. The van der Waals surface area contributed by atoms with Crippen molar-refractivity contribution < 1.29 is 21.9 Å². The van der Waals surface area contributed by atoms with E-state index in [1.165, 1.54) is 0 Å². The first-order chi connectivity index (χ1) is 14.2. The van der Waals surface area contributed by atoms with E-state index in [-0.39, 0.29) is 16.8 Å². The maximum absolute atomic E-state index is 13.3. The molecule has 0 aliphatic carbocycles. The molecule has 0 heterocycles. The predicted molar refractivity (Wildman–Crippen MR) is 151 cm³/mol. The molecule has 0 saturated heterocycles. The highest BCUT2D eigenvalue weighted by Crippen LogP contribution is 2.47. The van der Waals surface area contributed by atoms with Crippen molar-refractivity contribution in [1.82, 2.24) is 0 Å². The molecule has 5 nitrogen and oxygen atoms in total. The number of carbonyl (C=O) groups is 1. The second kappa shape index (κ2) is 11.1. The molecule has 0 amide bonds. The Labute approximate surface area is 210 Å². The van der Waals surface area contributed by atoms with Crippen molar-refractivity contribution in [3.63, 3.8) is 0 Å². The van der Waals surface area contributed by atoms with Gasteiger partial charge in [-0.1, -0.05) is 41.5 Å². The molecular weight excluding hydrogens is 481 g/mol. The minimum absolute atomic E-state index is 0.0324. The van der Waals surface area contributed by atoms with E-state index >= 15 is 0 Å². The summed E-state index contributed by atoms with van der Waals surface area (Å²) in [4.78, 5) is 13.3. The summed E-state index contributed by atoms with van der Waals surface area (Å²) in [6, 6.07) is 0.685. The molecule has 0 radical (unpaired) electrons. The Morgan fingerprint density at radius 1 is 0.667 bits per heavy atom. The molecule has 33 heavy (non-hydrogen) atoms. The Kier molecular flexibility index (Phi) is 11.2. The number of ether oxygens (including phenoxy) is 1. The van der Waals surface area contributed by atoms with Crippen molar-refractivity contribution in [1.29, 1.82) is 0 Å². The minimum Gasteiger partial charge on any atom is -0.465 e. The molecule has 9 heteroatoms. The van der Waals surface area contributed by atoms with Crippen molar-refractivity contribution in [2.24, 2.45) is 16.2 Å². The van der Waals surface area contributed by atoms with E-state index < -0.39 is 39.2 Å². The van der Waals surface area contributed by atoms with Gasteiger partial charge in [-0.25, -0.2) is 0 Å². The van der Waals surface area contributed by atoms with E-state index in [2.05, 4.69) is 107 Å². The number of esters is 1. The predicted octanol–water partition coefficient (Wildman–Crippen LogP) is 7.90. The number of hydrogen-bond donors (Lipinski definition) is 0. The maximum atomic E-state index is 13.3. The van der Waals surface area contributed by atoms with Crippen LogP contribution in [-0.4, -0.2) is 46.3 Å².